The highest BCUT2D eigenvalue weighted by atomic mass is 16.4. The van der Waals surface area contributed by atoms with Crippen LogP contribution >= 0.6 is 0 Å². The second-order valence-corrected chi connectivity index (χ2v) is 10.3. The first-order valence-corrected chi connectivity index (χ1v) is 12.2. The molecule has 1 aliphatic heterocycles. The standard InChI is InChI=1S/C25H32N6O7/c1-25(2,3)23(38)31-24-29-19-16(21(35)30-24)9-14(11-27-19)5-4-13-8-15(12-26-10-13)20(34)28-17(22(36)37)6-7-18(32)33/h8,10,12,14,17H,4-7,9,11H2,1-3H3,(H,28,34)(H,32,33)(H,36,37)(H3,27,29,30,31,35,38)/t14?,17-/m0/s1. The maximum atomic E-state index is 12.5. The van der Waals surface area contributed by atoms with E-state index in [0.717, 1.165) is 5.56 Å². The van der Waals surface area contributed by atoms with E-state index in [4.69, 9.17) is 5.11 Å². The van der Waals surface area contributed by atoms with Gasteiger partial charge in [0.2, 0.25) is 17.7 Å². The number of carboxylic acid groups (broad SMARTS) is 2. The van der Waals surface area contributed by atoms with Gasteiger partial charge < -0.3 is 26.0 Å². The number of amides is 2. The van der Waals surface area contributed by atoms with Crippen molar-refractivity contribution in [2.24, 2.45) is 11.3 Å². The quantitative estimate of drug-likeness (QED) is 0.262. The molecule has 0 radical (unpaired) electrons. The molecule has 0 aromatic carbocycles. The summed E-state index contributed by atoms with van der Waals surface area (Å²) in [7, 11) is 0. The molecule has 0 aliphatic carbocycles. The number of pyridine rings is 1. The minimum Gasteiger partial charge on any atom is -0.493 e. The fourth-order valence-corrected chi connectivity index (χ4v) is 3.84. The molecule has 0 bridgehead atoms. The molecule has 0 saturated heterocycles. The van der Waals surface area contributed by atoms with Crippen molar-refractivity contribution in [1.82, 2.24) is 20.3 Å². The molecule has 13 heteroatoms. The van der Waals surface area contributed by atoms with E-state index in [-0.39, 0.29) is 42.1 Å². The van der Waals surface area contributed by atoms with Crippen LogP contribution in [0.1, 0.15) is 61.5 Å². The van der Waals surface area contributed by atoms with Gasteiger partial charge in [-0.25, -0.2) is 4.79 Å². The molecule has 2 amide bonds. The lowest BCUT2D eigenvalue weighted by Gasteiger charge is -2.26. The van der Waals surface area contributed by atoms with Gasteiger partial charge >= 0.3 is 11.9 Å². The molecule has 38 heavy (non-hydrogen) atoms. The molecule has 2 atom stereocenters. The topological polar surface area (TPSA) is 204 Å². The minimum absolute atomic E-state index is 0.0291. The number of hydrogen-bond donors (Lipinski definition) is 6. The predicted molar refractivity (Wildman–Crippen MR) is 136 cm³/mol. The zero-order valence-electron chi connectivity index (χ0n) is 21.4. The monoisotopic (exact) mass is 528 g/mol. The smallest absolute Gasteiger partial charge is 0.326 e. The molecular weight excluding hydrogens is 496 g/mol. The Hall–Kier alpha value is -4.29. The predicted octanol–water partition coefficient (Wildman–Crippen LogP) is 1.83. The summed E-state index contributed by atoms with van der Waals surface area (Å²) < 4.78 is 0. The third-order valence-corrected chi connectivity index (χ3v) is 6.09. The van der Waals surface area contributed by atoms with E-state index < -0.39 is 29.3 Å². The molecule has 2 aromatic heterocycles. The Kier molecular flexibility index (Phi) is 8.81. The number of rotatable bonds is 10. The number of carbonyl (C=O) groups is 4. The fourth-order valence-electron chi connectivity index (χ4n) is 3.84. The largest absolute Gasteiger partial charge is 0.493 e. The van der Waals surface area contributed by atoms with Crippen molar-refractivity contribution in [2.45, 2.75) is 58.9 Å². The highest BCUT2D eigenvalue weighted by molar-refractivity contribution is 5.96. The second-order valence-electron chi connectivity index (χ2n) is 10.3. The summed E-state index contributed by atoms with van der Waals surface area (Å²) in [5.74, 6) is -2.97. The maximum Gasteiger partial charge on any atom is 0.326 e. The zero-order valence-corrected chi connectivity index (χ0v) is 21.4. The van der Waals surface area contributed by atoms with Crippen molar-refractivity contribution in [2.75, 3.05) is 17.2 Å². The molecule has 1 aliphatic rings. The van der Waals surface area contributed by atoms with Gasteiger partial charge in [-0.2, -0.15) is 9.97 Å². The summed E-state index contributed by atoms with van der Waals surface area (Å²) in [5.41, 5.74) is 0.856. The molecular formula is C25H32N6O7. The van der Waals surface area contributed by atoms with E-state index in [1.807, 2.05) is 0 Å². The van der Waals surface area contributed by atoms with E-state index in [0.29, 0.717) is 37.2 Å². The SMILES string of the molecule is CC(C)(C)C(=O)Nc1nc(O)c2c(n1)NCC(CCc1cncc(C(=O)N[C@@H](CCC(=O)O)C(=O)O)c1)C2. The average Bonchev–Trinajstić information content (AvgIpc) is 2.84. The van der Waals surface area contributed by atoms with Crippen molar-refractivity contribution in [3.63, 3.8) is 0 Å². The van der Waals surface area contributed by atoms with Crippen LogP contribution in [0, 0.1) is 11.3 Å². The number of carboxylic acids is 2. The maximum absolute atomic E-state index is 12.5. The average molecular weight is 529 g/mol. The Morgan fingerprint density at radius 2 is 1.89 bits per heavy atom. The Bertz CT molecular complexity index is 1230. The van der Waals surface area contributed by atoms with E-state index >= 15 is 0 Å². The van der Waals surface area contributed by atoms with Crippen molar-refractivity contribution in [3.8, 4) is 5.88 Å². The number of nitrogens with one attached hydrogen (secondary N) is 3. The van der Waals surface area contributed by atoms with Crippen LogP contribution in [0.25, 0.3) is 0 Å². The van der Waals surface area contributed by atoms with E-state index in [1.54, 1.807) is 33.0 Å². The molecule has 2 aromatic rings. The molecule has 3 rings (SSSR count). The Morgan fingerprint density at radius 1 is 1.16 bits per heavy atom. The summed E-state index contributed by atoms with van der Waals surface area (Å²) in [6.07, 6.45) is 4.08. The number of aromatic nitrogens is 3. The van der Waals surface area contributed by atoms with Gasteiger partial charge in [-0.3, -0.25) is 24.7 Å². The molecule has 0 fully saturated rings. The summed E-state index contributed by atoms with van der Waals surface area (Å²) in [4.78, 5) is 59.3. The number of fused-ring (bicyclic) bond motifs is 1. The van der Waals surface area contributed by atoms with Crippen molar-refractivity contribution in [3.05, 3.63) is 35.2 Å². The summed E-state index contributed by atoms with van der Waals surface area (Å²) in [5, 5.41) is 36.7. The molecule has 6 N–H and O–H groups in total. The van der Waals surface area contributed by atoms with Crippen LogP contribution in [0.5, 0.6) is 5.88 Å². The number of carbonyl (C=O) groups excluding carboxylic acids is 2. The van der Waals surface area contributed by atoms with Gasteiger partial charge in [0.1, 0.15) is 11.9 Å². The highest BCUT2D eigenvalue weighted by Gasteiger charge is 2.27. The Labute approximate surface area is 219 Å². The number of aromatic hydroxyl groups is 1. The Balaban J connectivity index is 1.60. The summed E-state index contributed by atoms with van der Waals surface area (Å²) in [6.45, 7) is 5.86. The third-order valence-electron chi connectivity index (χ3n) is 6.09. The molecule has 204 valence electrons. The lowest BCUT2D eigenvalue weighted by atomic mass is 9.91. The van der Waals surface area contributed by atoms with E-state index in [1.165, 1.54) is 6.20 Å². The number of aryl methyl sites for hydroxylation is 1. The second kappa shape index (κ2) is 11.8. The van der Waals surface area contributed by atoms with Gasteiger partial charge in [-0.1, -0.05) is 20.8 Å². The number of hydrogen-bond acceptors (Lipinski definition) is 9. The van der Waals surface area contributed by atoms with Gasteiger partial charge in [0.15, 0.2) is 0 Å². The van der Waals surface area contributed by atoms with Gasteiger partial charge in [0, 0.05) is 30.8 Å². The fraction of sp³-hybridized carbons (Fsp3) is 0.480. The van der Waals surface area contributed by atoms with Gasteiger partial charge in [-0.05, 0) is 43.2 Å². The van der Waals surface area contributed by atoms with Gasteiger partial charge in [-0.15, -0.1) is 0 Å². The molecule has 1 unspecified atom stereocenters. The minimum atomic E-state index is -1.33. The lowest BCUT2D eigenvalue weighted by molar-refractivity contribution is -0.140. The first kappa shape index (κ1) is 28.3. The normalized spacial score (nSPS) is 15.5. The summed E-state index contributed by atoms with van der Waals surface area (Å²) in [6, 6.07) is 0.292. The van der Waals surface area contributed by atoms with E-state index in [2.05, 4.69) is 30.9 Å². The number of anilines is 2. The zero-order chi connectivity index (χ0) is 28.0. The van der Waals surface area contributed by atoms with Crippen LogP contribution in [0.4, 0.5) is 11.8 Å². The van der Waals surface area contributed by atoms with Crippen LogP contribution in [0.3, 0.4) is 0 Å². The molecule has 13 nitrogen and oxygen atoms in total. The van der Waals surface area contributed by atoms with Crippen molar-refractivity contribution in [1.29, 1.82) is 0 Å². The molecule has 0 saturated carbocycles. The number of nitrogens with zero attached hydrogens (tertiary/aromatic N) is 3. The van der Waals surface area contributed by atoms with Gasteiger partial charge in [0.25, 0.3) is 5.91 Å². The van der Waals surface area contributed by atoms with Crippen LogP contribution in [-0.2, 0) is 27.2 Å². The molecule has 0 spiro atoms. The van der Waals surface area contributed by atoms with Crippen LogP contribution < -0.4 is 16.0 Å². The Morgan fingerprint density at radius 3 is 2.55 bits per heavy atom. The first-order valence-electron chi connectivity index (χ1n) is 12.2. The lowest BCUT2D eigenvalue weighted by Crippen LogP contribution is -2.41. The van der Waals surface area contributed by atoms with Crippen LogP contribution in [0.15, 0.2) is 18.5 Å². The van der Waals surface area contributed by atoms with Crippen molar-refractivity contribution < 1.29 is 34.5 Å². The number of aliphatic carboxylic acids is 2. The van der Waals surface area contributed by atoms with Gasteiger partial charge in [0.05, 0.1) is 11.1 Å². The third kappa shape index (κ3) is 7.60. The van der Waals surface area contributed by atoms with Crippen molar-refractivity contribution >= 4 is 35.5 Å². The van der Waals surface area contributed by atoms with E-state index in [9.17, 15) is 29.4 Å². The summed E-state index contributed by atoms with van der Waals surface area (Å²) >= 11 is 0. The highest BCUT2D eigenvalue weighted by Crippen LogP contribution is 2.32. The first-order chi connectivity index (χ1) is 17.8. The molecule has 3 heterocycles. The van der Waals surface area contributed by atoms with Crippen LogP contribution in [0.2, 0.25) is 0 Å². The van der Waals surface area contributed by atoms with Crippen LogP contribution in [-0.4, -0.2) is 66.6 Å².